The van der Waals surface area contributed by atoms with Crippen LogP contribution in [-0.2, 0) is 4.79 Å². The maximum atomic E-state index is 13.5. The number of aromatic nitrogens is 1. The Morgan fingerprint density at radius 2 is 1.91 bits per heavy atom. The Balaban J connectivity index is 2.02. The normalized spacial score (nSPS) is 10.3. The van der Waals surface area contributed by atoms with Crippen LogP contribution in [-0.4, -0.2) is 10.9 Å². The third-order valence-corrected chi connectivity index (χ3v) is 3.02. The highest BCUT2D eigenvalue weighted by Crippen LogP contribution is 2.23. The summed E-state index contributed by atoms with van der Waals surface area (Å²) in [7, 11) is 0. The van der Waals surface area contributed by atoms with E-state index in [2.05, 4.69) is 15.6 Å². The molecular weight excluding hydrogens is 288 g/mol. The largest absolute Gasteiger partial charge is 0.349 e. The number of rotatable bonds is 6. The number of para-hydroxylation sites is 1. The molecule has 4 nitrogen and oxygen atoms in total. The zero-order valence-corrected chi connectivity index (χ0v) is 12.2. The molecule has 0 aliphatic carbocycles. The second-order valence-electron chi connectivity index (χ2n) is 4.81. The van der Waals surface area contributed by atoms with Gasteiger partial charge in [-0.2, -0.15) is 0 Å². The van der Waals surface area contributed by atoms with Gasteiger partial charge in [0.15, 0.2) is 0 Å². The van der Waals surface area contributed by atoms with E-state index in [-0.39, 0.29) is 11.6 Å². The molecule has 116 valence electrons. The molecule has 2 rings (SSSR count). The number of pyridine rings is 1. The van der Waals surface area contributed by atoms with E-state index < -0.39 is 11.6 Å². The molecule has 0 bridgehead atoms. The molecule has 0 fully saturated rings. The van der Waals surface area contributed by atoms with Gasteiger partial charge in [-0.15, -0.1) is 0 Å². The smallest absolute Gasteiger partial charge is 0.225 e. The first-order chi connectivity index (χ1) is 10.6. The lowest BCUT2D eigenvalue weighted by Crippen LogP contribution is -2.12. The van der Waals surface area contributed by atoms with Crippen molar-refractivity contribution in [2.24, 2.45) is 0 Å². The Labute approximate surface area is 127 Å². The quantitative estimate of drug-likeness (QED) is 0.839. The van der Waals surface area contributed by atoms with E-state index in [4.69, 9.17) is 0 Å². The zero-order valence-electron chi connectivity index (χ0n) is 12.2. The highest BCUT2D eigenvalue weighted by Gasteiger charge is 2.09. The summed E-state index contributed by atoms with van der Waals surface area (Å²) in [6.45, 7) is 2.01. The number of carbonyl (C=O) groups excluding carboxylic acids is 1. The molecule has 0 aliphatic rings. The van der Waals surface area contributed by atoms with Crippen molar-refractivity contribution >= 4 is 23.1 Å². The topological polar surface area (TPSA) is 54.0 Å². The summed E-state index contributed by atoms with van der Waals surface area (Å²) >= 11 is 0. The van der Waals surface area contributed by atoms with Gasteiger partial charge in [0.25, 0.3) is 0 Å². The molecule has 0 spiro atoms. The molecule has 0 unspecified atom stereocenters. The predicted octanol–water partition coefficient (Wildman–Crippen LogP) is 4.23. The van der Waals surface area contributed by atoms with Crippen molar-refractivity contribution < 1.29 is 13.6 Å². The molecule has 0 aliphatic heterocycles. The van der Waals surface area contributed by atoms with Gasteiger partial charge in [-0.05, 0) is 30.7 Å². The first-order valence-electron chi connectivity index (χ1n) is 7.07. The van der Waals surface area contributed by atoms with Crippen LogP contribution in [0.1, 0.15) is 26.2 Å². The molecule has 1 heterocycles. The van der Waals surface area contributed by atoms with Crippen molar-refractivity contribution in [3.8, 4) is 0 Å². The van der Waals surface area contributed by atoms with Crippen molar-refractivity contribution in [2.45, 2.75) is 26.2 Å². The molecule has 1 aromatic heterocycles. The third-order valence-electron chi connectivity index (χ3n) is 3.02. The van der Waals surface area contributed by atoms with Crippen molar-refractivity contribution in [3.05, 3.63) is 48.2 Å². The molecule has 0 saturated carbocycles. The minimum absolute atomic E-state index is 0.102. The van der Waals surface area contributed by atoms with Crippen molar-refractivity contribution in [2.75, 3.05) is 10.6 Å². The third kappa shape index (κ3) is 4.25. The Bertz CT molecular complexity index is 624. The average molecular weight is 305 g/mol. The standard InChI is InChI=1S/C16H17F2N3O/c1-2-3-7-15(22)21-14-9-8-11(10-19-14)20-16-12(17)5-4-6-13(16)18/h4-6,8-10,20H,2-3,7H2,1H3,(H,19,21,22). The monoisotopic (exact) mass is 305 g/mol. The van der Waals surface area contributed by atoms with Crippen LogP contribution in [0.4, 0.5) is 26.0 Å². The van der Waals surface area contributed by atoms with E-state index >= 15 is 0 Å². The summed E-state index contributed by atoms with van der Waals surface area (Å²) in [5.74, 6) is -1.07. The number of amides is 1. The number of anilines is 3. The SMILES string of the molecule is CCCCC(=O)Nc1ccc(Nc2c(F)cccc2F)cn1. The van der Waals surface area contributed by atoms with E-state index in [9.17, 15) is 13.6 Å². The van der Waals surface area contributed by atoms with Gasteiger partial charge < -0.3 is 10.6 Å². The molecule has 1 aromatic carbocycles. The van der Waals surface area contributed by atoms with E-state index in [1.165, 1.54) is 24.4 Å². The van der Waals surface area contributed by atoms with Gasteiger partial charge in [0.1, 0.15) is 23.1 Å². The lowest BCUT2D eigenvalue weighted by atomic mass is 10.2. The van der Waals surface area contributed by atoms with E-state index in [1.807, 2.05) is 6.92 Å². The Hall–Kier alpha value is -2.50. The minimum Gasteiger partial charge on any atom is -0.349 e. The van der Waals surface area contributed by atoms with E-state index in [0.717, 1.165) is 12.8 Å². The minimum atomic E-state index is -0.683. The maximum absolute atomic E-state index is 13.5. The van der Waals surface area contributed by atoms with Gasteiger partial charge in [0.2, 0.25) is 5.91 Å². The number of nitrogens with one attached hydrogen (secondary N) is 2. The van der Waals surface area contributed by atoms with Gasteiger partial charge in [-0.1, -0.05) is 19.4 Å². The fourth-order valence-electron chi connectivity index (χ4n) is 1.85. The van der Waals surface area contributed by atoms with Crippen LogP contribution in [0.3, 0.4) is 0 Å². The van der Waals surface area contributed by atoms with Crippen LogP contribution in [0.15, 0.2) is 36.5 Å². The summed E-state index contributed by atoms with van der Waals surface area (Å²) in [6.07, 6.45) is 3.61. The van der Waals surface area contributed by atoms with Crippen LogP contribution < -0.4 is 10.6 Å². The number of benzene rings is 1. The number of hydrogen-bond acceptors (Lipinski definition) is 3. The fourth-order valence-corrected chi connectivity index (χ4v) is 1.85. The van der Waals surface area contributed by atoms with Crippen LogP contribution in [0.5, 0.6) is 0 Å². The summed E-state index contributed by atoms with van der Waals surface area (Å²) in [4.78, 5) is 15.6. The van der Waals surface area contributed by atoms with Gasteiger partial charge in [-0.3, -0.25) is 4.79 Å². The van der Waals surface area contributed by atoms with Crippen molar-refractivity contribution in [1.82, 2.24) is 4.98 Å². The van der Waals surface area contributed by atoms with Gasteiger partial charge in [-0.25, -0.2) is 13.8 Å². The number of halogens is 2. The van der Waals surface area contributed by atoms with Gasteiger partial charge in [0.05, 0.1) is 11.9 Å². The summed E-state index contributed by atoms with van der Waals surface area (Å²) < 4.78 is 27.1. The molecule has 1 amide bonds. The highest BCUT2D eigenvalue weighted by molar-refractivity contribution is 5.89. The summed E-state index contributed by atoms with van der Waals surface area (Å²) in [5, 5.41) is 5.29. The van der Waals surface area contributed by atoms with Crippen LogP contribution in [0, 0.1) is 11.6 Å². The number of carbonyl (C=O) groups is 1. The Morgan fingerprint density at radius 3 is 2.50 bits per heavy atom. The second-order valence-corrected chi connectivity index (χ2v) is 4.81. The first-order valence-corrected chi connectivity index (χ1v) is 7.07. The lowest BCUT2D eigenvalue weighted by Gasteiger charge is -2.09. The Morgan fingerprint density at radius 1 is 1.18 bits per heavy atom. The zero-order chi connectivity index (χ0) is 15.9. The van der Waals surface area contributed by atoms with Crippen molar-refractivity contribution in [3.63, 3.8) is 0 Å². The number of nitrogens with zero attached hydrogens (tertiary/aromatic N) is 1. The van der Waals surface area contributed by atoms with Gasteiger partial charge in [0, 0.05) is 6.42 Å². The molecule has 6 heteroatoms. The average Bonchev–Trinajstić information content (AvgIpc) is 2.51. The molecule has 0 saturated heterocycles. The molecule has 2 aromatic rings. The van der Waals surface area contributed by atoms with Crippen molar-refractivity contribution in [1.29, 1.82) is 0 Å². The molecule has 22 heavy (non-hydrogen) atoms. The predicted molar refractivity (Wildman–Crippen MR) is 82.0 cm³/mol. The summed E-state index contributed by atoms with van der Waals surface area (Å²) in [5.41, 5.74) is 0.194. The van der Waals surface area contributed by atoms with Gasteiger partial charge >= 0.3 is 0 Å². The fraction of sp³-hybridized carbons (Fsp3) is 0.250. The molecular formula is C16H17F2N3O. The number of hydrogen-bond donors (Lipinski definition) is 2. The number of unbranched alkanes of at least 4 members (excludes halogenated alkanes) is 1. The molecule has 0 radical (unpaired) electrons. The van der Waals surface area contributed by atoms with Crippen LogP contribution >= 0.6 is 0 Å². The van der Waals surface area contributed by atoms with E-state index in [1.54, 1.807) is 12.1 Å². The van der Waals surface area contributed by atoms with Crippen LogP contribution in [0.25, 0.3) is 0 Å². The maximum Gasteiger partial charge on any atom is 0.225 e. The first kappa shape index (κ1) is 15.9. The molecule has 0 atom stereocenters. The lowest BCUT2D eigenvalue weighted by molar-refractivity contribution is -0.116. The highest BCUT2D eigenvalue weighted by atomic mass is 19.1. The van der Waals surface area contributed by atoms with E-state index in [0.29, 0.717) is 17.9 Å². The Kier molecular flexibility index (Phi) is 5.41. The summed E-state index contributed by atoms with van der Waals surface area (Å²) in [6, 6.07) is 6.80. The molecule has 2 N–H and O–H groups in total. The van der Waals surface area contributed by atoms with Crippen LogP contribution in [0.2, 0.25) is 0 Å². The second kappa shape index (κ2) is 7.49.